The van der Waals surface area contributed by atoms with E-state index in [9.17, 15) is 30.4 Å². The minimum Gasteiger partial charge on any atom is -0.343 e. The topological polar surface area (TPSA) is 55.2 Å². The summed E-state index contributed by atoms with van der Waals surface area (Å²) in [5.74, 6) is -6.67. The summed E-state index contributed by atoms with van der Waals surface area (Å²) in [5, 5.41) is 4.56. The lowest BCUT2D eigenvalue weighted by molar-refractivity contribution is -0.0281. The van der Waals surface area contributed by atoms with Gasteiger partial charge in [0.2, 0.25) is 0 Å². The van der Waals surface area contributed by atoms with Gasteiger partial charge in [0.25, 0.3) is 15.9 Å². The van der Waals surface area contributed by atoms with Gasteiger partial charge in [0.05, 0.1) is 27.4 Å². The van der Waals surface area contributed by atoms with Crippen molar-refractivity contribution in [2.75, 3.05) is 18.1 Å². The first-order valence-electron chi connectivity index (χ1n) is 10.0. The molecule has 2 heterocycles. The molecular formula is C21H17ClF5N3O2S. The maximum Gasteiger partial charge on any atom is 0.301 e. The van der Waals surface area contributed by atoms with Gasteiger partial charge in [0.15, 0.2) is 12.5 Å². The molecule has 0 atom stereocenters. The molecule has 1 aromatic heterocycles. The molecule has 1 saturated heterocycles. The van der Waals surface area contributed by atoms with E-state index in [-0.39, 0.29) is 33.1 Å². The fourth-order valence-corrected chi connectivity index (χ4v) is 5.96. The lowest BCUT2D eigenvalue weighted by Gasteiger charge is -2.23. The highest BCUT2D eigenvalue weighted by molar-refractivity contribution is 7.90. The van der Waals surface area contributed by atoms with Crippen LogP contribution in [0.2, 0.25) is 5.02 Å². The number of anilines is 1. The van der Waals surface area contributed by atoms with Crippen LogP contribution in [-0.4, -0.2) is 42.3 Å². The Hall–Kier alpha value is -2.40. The van der Waals surface area contributed by atoms with Crippen LogP contribution in [0.5, 0.6) is 0 Å². The average Bonchev–Trinajstić information content (AvgIpc) is 3.32. The van der Waals surface area contributed by atoms with Crippen LogP contribution in [0, 0.1) is 0 Å². The fraction of sp³-hybridized carbons (Fsp3) is 0.381. The van der Waals surface area contributed by atoms with Crippen LogP contribution >= 0.6 is 11.6 Å². The van der Waals surface area contributed by atoms with Crippen LogP contribution in [0.1, 0.15) is 24.8 Å². The van der Waals surface area contributed by atoms with Gasteiger partial charge in [-0.15, -0.1) is 5.10 Å². The summed E-state index contributed by atoms with van der Waals surface area (Å²) in [7, 11) is -4.41. The maximum absolute atomic E-state index is 14.3. The van der Waals surface area contributed by atoms with E-state index in [1.807, 2.05) is 0 Å². The Bertz CT molecular complexity index is 1350. The van der Waals surface area contributed by atoms with Crippen molar-refractivity contribution in [2.24, 2.45) is 0 Å². The molecule has 2 aliphatic rings. The van der Waals surface area contributed by atoms with E-state index in [2.05, 4.69) is 5.10 Å². The monoisotopic (exact) mass is 505 g/mol. The molecule has 0 unspecified atom stereocenters. The number of hydrogen-bond acceptors (Lipinski definition) is 4. The largest absolute Gasteiger partial charge is 0.343 e. The maximum atomic E-state index is 14.3. The second-order valence-electron chi connectivity index (χ2n) is 8.51. The first-order valence-corrected chi connectivity index (χ1v) is 11.8. The zero-order valence-electron chi connectivity index (χ0n) is 16.9. The third kappa shape index (κ3) is 3.47. The van der Waals surface area contributed by atoms with Crippen molar-refractivity contribution in [3.63, 3.8) is 0 Å². The Labute approximate surface area is 190 Å². The summed E-state index contributed by atoms with van der Waals surface area (Å²) in [6.45, 7) is -2.54. The normalized spacial score (nSPS) is 19.5. The number of hydrogen-bond donors (Lipinski definition) is 0. The van der Waals surface area contributed by atoms with Gasteiger partial charge < -0.3 is 4.90 Å². The average molecular weight is 506 g/mol. The van der Waals surface area contributed by atoms with Gasteiger partial charge in [0, 0.05) is 17.5 Å². The Balaban J connectivity index is 1.65. The van der Waals surface area contributed by atoms with Crippen molar-refractivity contribution in [1.82, 2.24) is 9.19 Å². The molecule has 176 valence electrons. The summed E-state index contributed by atoms with van der Waals surface area (Å²) in [5.41, 5.74) is -1.40. The minimum absolute atomic E-state index is 0.0365. The molecule has 2 aromatic carbocycles. The van der Waals surface area contributed by atoms with Gasteiger partial charge >= 0.3 is 5.92 Å². The molecule has 33 heavy (non-hydrogen) atoms. The van der Waals surface area contributed by atoms with Crippen LogP contribution in [0.4, 0.5) is 27.8 Å². The van der Waals surface area contributed by atoms with E-state index in [0.717, 1.165) is 24.3 Å². The first-order chi connectivity index (χ1) is 15.4. The molecule has 3 aromatic rings. The van der Waals surface area contributed by atoms with E-state index in [1.165, 1.54) is 23.1 Å². The van der Waals surface area contributed by atoms with Crippen LogP contribution in [0.3, 0.4) is 0 Å². The molecule has 1 saturated carbocycles. The third-order valence-corrected chi connectivity index (χ3v) is 8.13. The zero-order chi connectivity index (χ0) is 23.8. The minimum atomic E-state index is -4.41. The number of fused-ring (bicyclic) bond motifs is 1. The SMILES string of the molecule is O=S(=O)(c1ccc(C(F)(F)CF)cc1)n1nc(N2CC(F)(F)CC23CC3)c2c(Cl)cccc21. The number of nitrogens with zero attached hydrogens (tertiary/aromatic N) is 3. The highest BCUT2D eigenvalue weighted by Crippen LogP contribution is 2.56. The predicted octanol–water partition coefficient (Wildman–Crippen LogP) is 5.37. The molecule has 0 amide bonds. The summed E-state index contributed by atoms with van der Waals surface area (Å²) in [4.78, 5) is 1.06. The van der Waals surface area contributed by atoms with Gasteiger partial charge in [-0.25, -0.2) is 13.2 Å². The molecule has 1 aliphatic carbocycles. The third-order valence-electron chi connectivity index (χ3n) is 6.21. The standard InChI is InChI=1S/C21H17ClF5N3O2S/c22-15-2-1-3-16-17(15)18(29-12-20(24,25)10-19(29)8-9-19)28-30(16)33(31,32)14-6-4-13(5-7-14)21(26,27)11-23/h1-7H,8-12H2. The molecule has 0 N–H and O–H groups in total. The number of halogens is 6. The van der Waals surface area contributed by atoms with Gasteiger partial charge in [-0.1, -0.05) is 29.8 Å². The van der Waals surface area contributed by atoms with Crippen LogP contribution in [0.25, 0.3) is 10.9 Å². The van der Waals surface area contributed by atoms with E-state index < -0.39 is 46.2 Å². The van der Waals surface area contributed by atoms with E-state index >= 15 is 0 Å². The van der Waals surface area contributed by atoms with Crippen molar-refractivity contribution in [3.8, 4) is 0 Å². The van der Waals surface area contributed by atoms with Crippen LogP contribution in [0.15, 0.2) is 47.4 Å². The van der Waals surface area contributed by atoms with Gasteiger partial charge in [-0.05, 0) is 37.1 Å². The Kier molecular flexibility index (Phi) is 4.78. The summed E-state index contributed by atoms with van der Waals surface area (Å²) in [6, 6.07) is 7.95. The quantitative estimate of drug-likeness (QED) is 0.438. The molecule has 0 bridgehead atoms. The summed E-state index contributed by atoms with van der Waals surface area (Å²) >= 11 is 6.34. The number of aromatic nitrogens is 2. The zero-order valence-corrected chi connectivity index (χ0v) is 18.5. The summed E-state index contributed by atoms with van der Waals surface area (Å²) in [6.07, 6.45) is 0.701. The van der Waals surface area contributed by atoms with E-state index in [0.29, 0.717) is 16.9 Å². The number of alkyl halides is 5. The van der Waals surface area contributed by atoms with Crippen molar-refractivity contribution in [3.05, 3.63) is 53.1 Å². The molecule has 1 aliphatic heterocycles. The fourth-order valence-electron chi connectivity index (χ4n) is 4.43. The lowest BCUT2D eigenvalue weighted by Crippen LogP contribution is -2.32. The second kappa shape index (κ2) is 7.05. The Morgan fingerprint density at radius 3 is 2.36 bits per heavy atom. The molecule has 5 nitrogen and oxygen atoms in total. The van der Waals surface area contributed by atoms with Gasteiger partial charge in [0.1, 0.15) is 0 Å². The highest BCUT2D eigenvalue weighted by Gasteiger charge is 2.62. The Morgan fingerprint density at radius 2 is 1.76 bits per heavy atom. The molecule has 2 fully saturated rings. The van der Waals surface area contributed by atoms with Crippen molar-refractivity contribution < 1.29 is 30.4 Å². The van der Waals surface area contributed by atoms with Crippen molar-refractivity contribution in [2.45, 2.75) is 41.5 Å². The molecule has 12 heteroatoms. The number of benzene rings is 2. The predicted molar refractivity (Wildman–Crippen MR) is 113 cm³/mol. The van der Waals surface area contributed by atoms with Crippen molar-refractivity contribution in [1.29, 1.82) is 0 Å². The summed E-state index contributed by atoms with van der Waals surface area (Å²) < 4.78 is 95.7. The smallest absolute Gasteiger partial charge is 0.301 e. The Morgan fingerprint density at radius 1 is 1.09 bits per heavy atom. The van der Waals surface area contributed by atoms with E-state index in [4.69, 9.17) is 11.6 Å². The lowest BCUT2D eigenvalue weighted by atomic mass is 10.1. The molecule has 5 rings (SSSR count). The van der Waals surface area contributed by atoms with Crippen LogP contribution < -0.4 is 4.90 Å². The van der Waals surface area contributed by atoms with E-state index in [1.54, 1.807) is 0 Å². The first kappa shape index (κ1) is 22.4. The molecule has 0 radical (unpaired) electrons. The van der Waals surface area contributed by atoms with Gasteiger partial charge in [-0.2, -0.15) is 21.3 Å². The van der Waals surface area contributed by atoms with Crippen molar-refractivity contribution >= 4 is 38.3 Å². The molecular weight excluding hydrogens is 489 g/mol. The van der Waals surface area contributed by atoms with Gasteiger partial charge in [-0.3, -0.25) is 0 Å². The number of rotatable bonds is 5. The van der Waals surface area contributed by atoms with Crippen LogP contribution in [-0.2, 0) is 15.9 Å². The highest BCUT2D eigenvalue weighted by atomic mass is 35.5. The second-order valence-corrected chi connectivity index (χ2v) is 10.7. The molecule has 1 spiro atoms.